The predicted molar refractivity (Wildman–Crippen MR) is 112 cm³/mol. The van der Waals surface area contributed by atoms with E-state index in [1.54, 1.807) is 22.7 Å². The highest BCUT2D eigenvalue weighted by molar-refractivity contribution is 7.10. The summed E-state index contributed by atoms with van der Waals surface area (Å²) in [7, 11) is 0. The van der Waals surface area contributed by atoms with Crippen molar-refractivity contribution in [3.8, 4) is 0 Å². The quantitative estimate of drug-likeness (QED) is 0.573. The molecule has 1 aliphatic heterocycles. The number of aliphatic imine (C=N–C) groups is 1. The predicted octanol–water partition coefficient (Wildman–Crippen LogP) is 2.97. The van der Waals surface area contributed by atoms with Crippen LogP contribution in [0.1, 0.15) is 47.8 Å². The van der Waals surface area contributed by atoms with Crippen molar-refractivity contribution < 1.29 is 4.79 Å². The van der Waals surface area contributed by atoms with Gasteiger partial charge in [0, 0.05) is 29.9 Å². The van der Waals surface area contributed by atoms with E-state index in [0.717, 1.165) is 30.2 Å². The average Bonchev–Trinajstić information content (AvgIpc) is 3.32. The van der Waals surface area contributed by atoms with Crippen LogP contribution in [-0.2, 0) is 24.3 Å². The van der Waals surface area contributed by atoms with Crippen LogP contribution in [0, 0.1) is 0 Å². The zero-order valence-electron chi connectivity index (χ0n) is 16.1. The van der Waals surface area contributed by atoms with Gasteiger partial charge in [0.15, 0.2) is 5.96 Å². The Labute approximate surface area is 168 Å². The first-order chi connectivity index (χ1) is 13.1. The lowest BCUT2D eigenvalue weighted by molar-refractivity contribution is -0.130. The zero-order valence-corrected chi connectivity index (χ0v) is 17.8. The molecule has 0 atom stereocenters. The van der Waals surface area contributed by atoms with Gasteiger partial charge in [-0.2, -0.15) is 0 Å². The minimum Gasteiger partial charge on any atom is -0.357 e. The summed E-state index contributed by atoms with van der Waals surface area (Å²) < 4.78 is 0. The minimum absolute atomic E-state index is 0.0698. The number of hydrogen-bond donors (Lipinski definition) is 2. The molecule has 8 heteroatoms. The van der Waals surface area contributed by atoms with Crippen molar-refractivity contribution in [2.45, 2.75) is 46.2 Å². The Bertz CT molecular complexity index is 796. The monoisotopic (exact) mass is 405 g/mol. The SMILES string of the molecule is CCNC(=NCC(=O)N1CCc2sccc2C1)NCc1nc(C(C)C)cs1. The minimum atomic E-state index is 0.0698. The molecule has 0 saturated carbocycles. The highest BCUT2D eigenvalue weighted by Crippen LogP contribution is 2.24. The van der Waals surface area contributed by atoms with Crippen LogP contribution in [-0.4, -0.2) is 41.4 Å². The van der Waals surface area contributed by atoms with Gasteiger partial charge in [-0.3, -0.25) is 4.79 Å². The number of aromatic nitrogens is 1. The Morgan fingerprint density at radius 1 is 1.37 bits per heavy atom. The number of nitrogens with one attached hydrogen (secondary N) is 2. The molecule has 2 aromatic rings. The van der Waals surface area contributed by atoms with Gasteiger partial charge in [0.25, 0.3) is 0 Å². The van der Waals surface area contributed by atoms with Crippen molar-refractivity contribution >= 4 is 34.5 Å². The van der Waals surface area contributed by atoms with Crippen LogP contribution in [0.5, 0.6) is 0 Å². The molecule has 0 aliphatic carbocycles. The number of nitrogens with zero attached hydrogens (tertiary/aromatic N) is 3. The van der Waals surface area contributed by atoms with Gasteiger partial charge in [-0.25, -0.2) is 9.98 Å². The molecule has 0 unspecified atom stereocenters. The largest absolute Gasteiger partial charge is 0.357 e. The molecule has 0 aromatic carbocycles. The second-order valence-electron chi connectivity index (χ2n) is 6.80. The normalized spacial score (nSPS) is 14.4. The number of fused-ring (bicyclic) bond motifs is 1. The van der Waals surface area contributed by atoms with E-state index in [9.17, 15) is 4.79 Å². The molecule has 1 aliphatic rings. The molecule has 3 rings (SSSR count). The van der Waals surface area contributed by atoms with Crippen molar-refractivity contribution in [2.24, 2.45) is 4.99 Å². The fourth-order valence-electron chi connectivity index (χ4n) is 2.88. The maximum absolute atomic E-state index is 12.5. The van der Waals surface area contributed by atoms with Crippen LogP contribution >= 0.6 is 22.7 Å². The molecule has 3 heterocycles. The van der Waals surface area contributed by atoms with Gasteiger partial charge in [-0.15, -0.1) is 22.7 Å². The summed E-state index contributed by atoms with van der Waals surface area (Å²) >= 11 is 3.43. The first-order valence-electron chi connectivity index (χ1n) is 9.36. The average molecular weight is 406 g/mol. The second-order valence-corrected chi connectivity index (χ2v) is 8.75. The number of amides is 1. The lowest BCUT2D eigenvalue weighted by Crippen LogP contribution is -2.40. The summed E-state index contributed by atoms with van der Waals surface area (Å²) in [5.41, 5.74) is 2.39. The van der Waals surface area contributed by atoms with Gasteiger partial charge in [0.2, 0.25) is 5.91 Å². The van der Waals surface area contributed by atoms with E-state index in [1.165, 1.54) is 10.4 Å². The van der Waals surface area contributed by atoms with Gasteiger partial charge < -0.3 is 15.5 Å². The van der Waals surface area contributed by atoms with Gasteiger partial charge in [0.05, 0.1) is 12.2 Å². The topological polar surface area (TPSA) is 69.6 Å². The van der Waals surface area contributed by atoms with Crippen LogP contribution in [0.3, 0.4) is 0 Å². The smallest absolute Gasteiger partial charge is 0.244 e. The van der Waals surface area contributed by atoms with Crippen LogP contribution in [0.15, 0.2) is 21.8 Å². The Kier molecular flexibility index (Phi) is 6.84. The number of carbonyl (C=O) groups excluding carboxylic acids is 1. The second kappa shape index (κ2) is 9.32. The maximum atomic E-state index is 12.5. The molecule has 2 aromatic heterocycles. The fraction of sp³-hybridized carbons (Fsp3) is 0.526. The van der Waals surface area contributed by atoms with Crippen LogP contribution < -0.4 is 10.6 Å². The van der Waals surface area contributed by atoms with E-state index in [1.807, 2.05) is 11.8 Å². The van der Waals surface area contributed by atoms with E-state index in [-0.39, 0.29) is 12.5 Å². The Morgan fingerprint density at radius 3 is 2.96 bits per heavy atom. The summed E-state index contributed by atoms with van der Waals surface area (Å²) in [6, 6.07) is 2.12. The van der Waals surface area contributed by atoms with Crippen molar-refractivity contribution in [3.63, 3.8) is 0 Å². The van der Waals surface area contributed by atoms with Gasteiger partial charge in [-0.1, -0.05) is 13.8 Å². The lowest BCUT2D eigenvalue weighted by atomic mass is 10.1. The van der Waals surface area contributed by atoms with Gasteiger partial charge >= 0.3 is 0 Å². The van der Waals surface area contributed by atoms with Crippen molar-refractivity contribution in [2.75, 3.05) is 19.6 Å². The zero-order chi connectivity index (χ0) is 19.2. The number of guanidine groups is 1. The van der Waals surface area contributed by atoms with Crippen molar-refractivity contribution in [3.05, 3.63) is 38.0 Å². The number of thiophene rings is 1. The summed E-state index contributed by atoms with van der Waals surface area (Å²) in [5, 5.41) is 11.7. The fourth-order valence-corrected chi connectivity index (χ4v) is 4.67. The van der Waals surface area contributed by atoms with E-state index >= 15 is 0 Å². The molecule has 6 nitrogen and oxygen atoms in total. The van der Waals surface area contributed by atoms with E-state index in [0.29, 0.717) is 25.0 Å². The first-order valence-corrected chi connectivity index (χ1v) is 11.1. The summed E-state index contributed by atoms with van der Waals surface area (Å²) in [5.74, 6) is 1.16. The molecule has 0 bridgehead atoms. The third-order valence-corrected chi connectivity index (χ3v) is 6.34. The molecule has 0 fully saturated rings. The lowest BCUT2D eigenvalue weighted by Gasteiger charge is -2.26. The van der Waals surface area contributed by atoms with Crippen LogP contribution in [0.25, 0.3) is 0 Å². The molecule has 146 valence electrons. The number of rotatable bonds is 6. The summed E-state index contributed by atoms with van der Waals surface area (Å²) in [6.45, 7) is 9.30. The highest BCUT2D eigenvalue weighted by atomic mass is 32.1. The van der Waals surface area contributed by atoms with E-state index in [4.69, 9.17) is 0 Å². The van der Waals surface area contributed by atoms with Crippen LogP contribution in [0.2, 0.25) is 0 Å². The molecule has 0 saturated heterocycles. The van der Waals surface area contributed by atoms with Gasteiger partial charge in [-0.05, 0) is 36.3 Å². The molecular weight excluding hydrogens is 378 g/mol. The van der Waals surface area contributed by atoms with Crippen LogP contribution in [0.4, 0.5) is 0 Å². The molecule has 0 radical (unpaired) electrons. The van der Waals surface area contributed by atoms with E-state index in [2.05, 4.69) is 51.3 Å². The summed E-state index contributed by atoms with van der Waals surface area (Å²) in [4.78, 5) is 25.0. The van der Waals surface area contributed by atoms with Crippen molar-refractivity contribution in [1.29, 1.82) is 0 Å². The standard InChI is InChI=1S/C19H27N5OS2/c1-4-20-19(21-9-17-23-15(12-27-17)13(2)3)22-10-18(25)24-7-5-16-14(11-24)6-8-26-16/h6,8,12-13H,4-5,7,9-11H2,1-3H3,(H2,20,21,22). The molecule has 0 spiro atoms. The Morgan fingerprint density at radius 2 is 2.22 bits per heavy atom. The van der Waals surface area contributed by atoms with Gasteiger partial charge in [0.1, 0.15) is 11.6 Å². The number of hydrogen-bond acceptors (Lipinski definition) is 5. The number of thiazole rings is 1. The first kappa shape index (κ1) is 19.8. The maximum Gasteiger partial charge on any atom is 0.244 e. The molecule has 1 amide bonds. The Hall–Kier alpha value is -1.93. The third kappa shape index (κ3) is 5.29. The van der Waals surface area contributed by atoms with Crippen molar-refractivity contribution in [1.82, 2.24) is 20.5 Å². The number of carbonyl (C=O) groups is 1. The third-order valence-electron chi connectivity index (χ3n) is 4.45. The van der Waals surface area contributed by atoms with E-state index < -0.39 is 0 Å². The summed E-state index contributed by atoms with van der Waals surface area (Å²) in [6.07, 6.45) is 0.947. The molecular formula is C19H27N5OS2. The highest BCUT2D eigenvalue weighted by Gasteiger charge is 2.21. The molecule has 27 heavy (non-hydrogen) atoms. The molecule has 2 N–H and O–H groups in total. The Balaban J connectivity index is 1.54.